The van der Waals surface area contributed by atoms with E-state index in [1.54, 1.807) is 12.3 Å². The van der Waals surface area contributed by atoms with Crippen LogP contribution in [-0.4, -0.2) is 10.1 Å². The molecule has 0 spiro atoms. The summed E-state index contributed by atoms with van der Waals surface area (Å²) in [6.07, 6.45) is 7.18. The summed E-state index contributed by atoms with van der Waals surface area (Å²) in [5, 5.41) is 13.0. The summed E-state index contributed by atoms with van der Waals surface area (Å²) in [5.41, 5.74) is 8.98. The Kier molecular flexibility index (Phi) is 3.72. The largest absolute Gasteiger partial charge is 0.501 e. The van der Waals surface area contributed by atoms with Crippen molar-refractivity contribution in [2.75, 3.05) is 5.73 Å². The van der Waals surface area contributed by atoms with Crippen molar-refractivity contribution in [2.24, 2.45) is 0 Å². The van der Waals surface area contributed by atoms with Crippen LogP contribution in [0, 0.1) is 0 Å². The third kappa shape index (κ3) is 2.83. The smallest absolute Gasteiger partial charge is 0.213 e. The fraction of sp³-hybridized carbons (Fsp3) is 0.0435. The van der Waals surface area contributed by atoms with E-state index in [0.717, 1.165) is 38.6 Å². The number of hydrogen-bond acceptors (Lipinski definition) is 4. The van der Waals surface area contributed by atoms with Gasteiger partial charge in [0.05, 0.1) is 5.69 Å². The molecule has 0 aliphatic rings. The molecule has 0 aliphatic carbocycles. The molecule has 3 heterocycles. The summed E-state index contributed by atoms with van der Waals surface area (Å²) in [7, 11) is 0. The first-order valence-electron chi connectivity index (χ1n) is 9.00. The van der Waals surface area contributed by atoms with Gasteiger partial charge in [0.15, 0.2) is 12.7 Å². The van der Waals surface area contributed by atoms with Crippen LogP contribution in [-0.2, 0) is 6.54 Å². The van der Waals surface area contributed by atoms with Gasteiger partial charge in [0.2, 0.25) is 11.9 Å². The standard InChI is InChI=1S/C23H17N3O2/c24-20-7-8-26(14-21(20)27)13-15-5-6-17-11-25-12-19(18(17)9-15)23-10-16-3-1-2-4-22(16)28-23/h1-12,14,24,27H,13H2/p+1. The number of nitrogens with zero attached hydrogens (tertiary/aromatic N) is 2. The van der Waals surface area contributed by atoms with Gasteiger partial charge in [-0.3, -0.25) is 4.98 Å². The molecule has 2 aromatic carbocycles. The number of benzene rings is 2. The average Bonchev–Trinajstić information content (AvgIpc) is 3.14. The van der Waals surface area contributed by atoms with Gasteiger partial charge in [0.1, 0.15) is 11.3 Å². The van der Waals surface area contributed by atoms with Crippen LogP contribution in [0.25, 0.3) is 33.1 Å². The lowest BCUT2D eigenvalue weighted by molar-refractivity contribution is -0.688. The Morgan fingerprint density at radius 2 is 1.89 bits per heavy atom. The molecular weight excluding hydrogens is 350 g/mol. The Morgan fingerprint density at radius 1 is 1.00 bits per heavy atom. The molecule has 136 valence electrons. The van der Waals surface area contributed by atoms with E-state index in [4.69, 9.17) is 10.2 Å². The maximum absolute atomic E-state index is 9.85. The average molecular weight is 368 g/mol. The zero-order valence-corrected chi connectivity index (χ0v) is 15.0. The van der Waals surface area contributed by atoms with Crippen LogP contribution in [0.2, 0.25) is 0 Å². The van der Waals surface area contributed by atoms with Crippen LogP contribution < -0.4 is 10.3 Å². The second-order valence-electron chi connectivity index (χ2n) is 6.85. The van der Waals surface area contributed by atoms with Crippen LogP contribution in [0.5, 0.6) is 5.75 Å². The van der Waals surface area contributed by atoms with E-state index in [1.807, 2.05) is 53.5 Å². The summed E-state index contributed by atoms with van der Waals surface area (Å²) in [6.45, 7) is 0.617. The van der Waals surface area contributed by atoms with Crippen molar-refractivity contribution < 1.29 is 14.1 Å². The van der Waals surface area contributed by atoms with Gasteiger partial charge in [-0.05, 0) is 23.6 Å². The molecular formula is C23H18N3O2+. The maximum atomic E-state index is 9.85. The van der Waals surface area contributed by atoms with E-state index in [2.05, 4.69) is 23.2 Å². The second kappa shape index (κ2) is 6.39. The number of rotatable bonds is 3. The number of nitrogens with two attached hydrogens (primary N) is 1. The molecule has 28 heavy (non-hydrogen) atoms. The molecule has 0 radical (unpaired) electrons. The summed E-state index contributed by atoms with van der Waals surface area (Å²) in [4.78, 5) is 4.38. The molecule has 5 rings (SSSR count). The third-order valence-electron chi connectivity index (χ3n) is 4.91. The monoisotopic (exact) mass is 368 g/mol. The highest BCUT2D eigenvalue weighted by molar-refractivity contribution is 5.97. The predicted molar refractivity (Wildman–Crippen MR) is 109 cm³/mol. The number of aromatic nitrogens is 2. The van der Waals surface area contributed by atoms with E-state index in [9.17, 15) is 5.11 Å². The molecule has 0 saturated heterocycles. The van der Waals surface area contributed by atoms with Crippen LogP contribution >= 0.6 is 0 Å². The minimum absolute atomic E-state index is 0.0791. The molecule has 0 saturated carbocycles. The number of furan rings is 1. The van der Waals surface area contributed by atoms with Crippen LogP contribution in [0.15, 0.2) is 83.8 Å². The lowest BCUT2D eigenvalue weighted by Crippen LogP contribution is -2.33. The topological polar surface area (TPSA) is 76.2 Å². The lowest BCUT2D eigenvalue weighted by atomic mass is 10.0. The van der Waals surface area contributed by atoms with Crippen molar-refractivity contribution in [3.8, 4) is 17.1 Å². The molecule has 0 fully saturated rings. The minimum atomic E-state index is 0.0791. The Morgan fingerprint density at radius 3 is 2.75 bits per heavy atom. The number of pyridine rings is 2. The SMILES string of the molecule is Nc1cc[n+](Cc2ccc3cncc(-c4cc5ccccc5o4)c3c2)cc1O. The predicted octanol–water partition coefficient (Wildman–Crippen LogP) is 4.27. The van der Waals surface area contributed by atoms with Gasteiger partial charge in [-0.2, -0.15) is 4.57 Å². The maximum Gasteiger partial charge on any atom is 0.213 e. The molecule has 5 heteroatoms. The number of hydrogen-bond donors (Lipinski definition) is 2. The summed E-state index contributed by atoms with van der Waals surface area (Å²) in [6, 6.07) is 18.0. The highest BCUT2D eigenvalue weighted by Gasteiger charge is 2.12. The fourth-order valence-corrected chi connectivity index (χ4v) is 3.47. The molecule has 5 aromatic rings. The number of anilines is 1. The minimum Gasteiger partial charge on any atom is -0.501 e. The highest BCUT2D eigenvalue weighted by atomic mass is 16.3. The molecule has 0 bridgehead atoms. The highest BCUT2D eigenvalue weighted by Crippen LogP contribution is 2.32. The molecule has 0 amide bonds. The van der Waals surface area contributed by atoms with Gasteiger partial charge in [-0.15, -0.1) is 0 Å². The zero-order chi connectivity index (χ0) is 19.1. The quantitative estimate of drug-likeness (QED) is 0.466. The van der Waals surface area contributed by atoms with Crippen LogP contribution in [0.3, 0.4) is 0 Å². The summed E-state index contributed by atoms with van der Waals surface area (Å²) in [5.74, 6) is 0.879. The van der Waals surface area contributed by atoms with E-state index in [0.29, 0.717) is 12.2 Å². The van der Waals surface area contributed by atoms with Crippen molar-refractivity contribution in [1.29, 1.82) is 0 Å². The number of fused-ring (bicyclic) bond motifs is 2. The van der Waals surface area contributed by atoms with Crippen LogP contribution in [0.4, 0.5) is 5.69 Å². The lowest BCUT2D eigenvalue weighted by Gasteiger charge is -2.06. The van der Waals surface area contributed by atoms with Gasteiger partial charge in [0, 0.05) is 40.4 Å². The van der Waals surface area contributed by atoms with Gasteiger partial charge in [-0.1, -0.05) is 30.3 Å². The van der Waals surface area contributed by atoms with E-state index in [-0.39, 0.29) is 5.75 Å². The Hall–Kier alpha value is -3.86. The normalized spacial score (nSPS) is 11.3. The van der Waals surface area contributed by atoms with Gasteiger partial charge >= 0.3 is 0 Å². The van der Waals surface area contributed by atoms with Crippen molar-refractivity contribution in [1.82, 2.24) is 4.98 Å². The molecule has 5 nitrogen and oxygen atoms in total. The molecule has 3 aromatic heterocycles. The second-order valence-corrected chi connectivity index (χ2v) is 6.85. The van der Waals surface area contributed by atoms with Gasteiger partial charge < -0.3 is 15.3 Å². The molecule has 0 unspecified atom stereocenters. The number of para-hydroxylation sites is 1. The van der Waals surface area contributed by atoms with E-state index in [1.165, 1.54) is 0 Å². The van der Waals surface area contributed by atoms with E-state index < -0.39 is 0 Å². The van der Waals surface area contributed by atoms with Crippen molar-refractivity contribution in [3.63, 3.8) is 0 Å². The first kappa shape index (κ1) is 16.3. The summed E-state index contributed by atoms with van der Waals surface area (Å²) < 4.78 is 7.95. The Balaban J connectivity index is 1.60. The molecule has 0 atom stereocenters. The molecule has 3 N–H and O–H groups in total. The molecule has 0 aliphatic heterocycles. The Bertz CT molecular complexity index is 1290. The van der Waals surface area contributed by atoms with E-state index >= 15 is 0 Å². The van der Waals surface area contributed by atoms with Crippen LogP contribution in [0.1, 0.15) is 5.56 Å². The van der Waals surface area contributed by atoms with Gasteiger partial charge in [0.25, 0.3) is 0 Å². The fourth-order valence-electron chi connectivity index (χ4n) is 3.47. The zero-order valence-electron chi connectivity index (χ0n) is 15.0. The van der Waals surface area contributed by atoms with Crippen molar-refractivity contribution >= 4 is 27.4 Å². The van der Waals surface area contributed by atoms with Crippen molar-refractivity contribution in [3.05, 3.63) is 84.9 Å². The number of aromatic hydroxyl groups is 1. The third-order valence-corrected chi connectivity index (χ3v) is 4.91. The first-order valence-corrected chi connectivity index (χ1v) is 9.00. The van der Waals surface area contributed by atoms with Gasteiger partial charge in [-0.25, -0.2) is 0 Å². The van der Waals surface area contributed by atoms with Crippen molar-refractivity contribution in [2.45, 2.75) is 6.54 Å². The number of nitrogen functional groups attached to an aromatic ring is 1. The summed E-state index contributed by atoms with van der Waals surface area (Å²) >= 11 is 0. The first-order chi connectivity index (χ1) is 13.7. The Labute approximate surface area is 161 Å².